The van der Waals surface area contributed by atoms with Gasteiger partial charge in [-0.1, -0.05) is 41.8 Å². The first-order chi connectivity index (χ1) is 9.84. The fourth-order valence-corrected chi connectivity index (χ4v) is 4.73. The van der Waals surface area contributed by atoms with E-state index in [2.05, 4.69) is 5.43 Å². The third-order valence-corrected chi connectivity index (χ3v) is 6.71. The molecule has 7 heteroatoms. The van der Waals surface area contributed by atoms with Crippen molar-refractivity contribution in [3.63, 3.8) is 0 Å². The van der Waals surface area contributed by atoms with Gasteiger partial charge < -0.3 is 0 Å². The third-order valence-electron chi connectivity index (χ3n) is 4.24. The van der Waals surface area contributed by atoms with Crippen molar-refractivity contribution in [2.75, 3.05) is 6.26 Å². The second-order valence-corrected chi connectivity index (χ2v) is 8.78. The second-order valence-electron chi connectivity index (χ2n) is 5.67. The van der Waals surface area contributed by atoms with E-state index in [1.165, 1.54) is 6.26 Å². The zero-order chi connectivity index (χ0) is 15.6. The Hall–Kier alpha value is -0.330. The lowest BCUT2D eigenvalue weighted by atomic mass is 9.81. The van der Waals surface area contributed by atoms with Crippen molar-refractivity contribution >= 4 is 33.0 Å². The van der Waals surface area contributed by atoms with E-state index >= 15 is 0 Å². The van der Waals surface area contributed by atoms with E-state index in [0.29, 0.717) is 16.5 Å². The van der Waals surface area contributed by atoms with Gasteiger partial charge in [0.25, 0.3) is 0 Å². The molecule has 0 radical (unpaired) electrons. The molecule has 0 spiro atoms. The normalized spacial score (nSPS) is 24.8. The Kier molecular flexibility index (Phi) is 5.54. The fourth-order valence-electron chi connectivity index (χ4n) is 3.11. The van der Waals surface area contributed by atoms with Crippen LogP contribution in [0, 0.1) is 5.92 Å². The maximum absolute atomic E-state index is 11.8. The second kappa shape index (κ2) is 6.84. The summed E-state index contributed by atoms with van der Waals surface area (Å²) in [5.74, 6) is 5.83. The van der Waals surface area contributed by atoms with Crippen molar-refractivity contribution in [3.8, 4) is 0 Å². The van der Waals surface area contributed by atoms with Crippen molar-refractivity contribution in [2.45, 2.75) is 37.0 Å². The molecule has 0 aliphatic heterocycles. The van der Waals surface area contributed by atoms with Crippen LogP contribution in [0.4, 0.5) is 0 Å². The summed E-state index contributed by atoms with van der Waals surface area (Å²) in [4.78, 5) is 0. The average Bonchev–Trinajstić information content (AvgIpc) is 2.44. The van der Waals surface area contributed by atoms with Gasteiger partial charge in [-0.2, -0.15) is 0 Å². The van der Waals surface area contributed by atoms with Crippen LogP contribution in [0.2, 0.25) is 10.0 Å². The van der Waals surface area contributed by atoms with Gasteiger partial charge in [0.1, 0.15) is 9.84 Å². The van der Waals surface area contributed by atoms with Gasteiger partial charge in [0, 0.05) is 6.26 Å². The third kappa shape index (κ3) is 3.90. The number of halogens is 2. The van der Waals surface area contributed by atoms with Gasteiger partial charge in [-0.25, -0.2) is 8.42 Å². The molecule has 0 aromatic heterocycles. The topological polar surface area (TPSA) is 72.2 Å². The van der Waals surface area contributed by atoms with Crippen LogP contribution in [0.25, 0.3) is 0 Å². The monoisotopic (exact) mass is 350 g/mol. The number of sulfone groups is 1. The first-order valence-electron chi connectivity index (χ1n) is 6.93. The number of nitrogens with two attached hydrogens (primary N) is 1. The molecule has 1 aromatic carbocycles. The zero-order valence-corrected chi connectivity index (χ0v) is 14.2. The molecule has 2 rings (SSSR count). The Balaban J connectivity index is 2.27. The molecule has 21 heavy (non-hydrogen) atoms. The van der Waals surface area contributed by atoms with Crippen LogP contribution in [0.1, 0.15) is 37.3 Å². The molecule has 3 atom stereocenters. The predicted molar refractivity (Wildman–Crippen MR) is 87.1 cm³/mol. The summed E-state index contributed by atoms with van der Waals surface area (Å²) in [5.41, 5.74) is 3.62. The van der Waals surface area contributed by atoms with Gasteiger partial charge in [0.15, 0.2) is 0 Å². The van der Waals surface area contributed by atoms with E-state index in [1.54, 1.807) is 6.07 Å². The molecule has 0 heterocycles. The molecular formula is C14H20Cl2N2O2S. The van der Waals surface area contributed by atoms with Crippen LogP contribution in [0.5, 0.6) is 0 Å². The Labute approximate surface area is 135 Å². The maximum atomic E-state index is 11.8. The van der Waals surface area contributed by atoms with Crippen LogP contribution in [0.15, 0.2) is 18.2 Å². The quantitative estimate of drug-likeness (QED) is 0.646. The molecule has 3 unspecified atom stereocenters. The Morgan fingerprint density at radius 1 is 1.33 bits per heavy atom. The van der Waals surface area contributed by atoms with E-state index < -0.39 is 9.84 Å². The number of hydrogen-bond donors (Lipinski definition) is 2. The fraction of sp³-hybridized carbons (Fsp3) is 0.571. The van der Waals surface area contributed by atoms with E-state index in [0.717, 1.165) is 24.8 Å². The maximum Gasteiger partial charge on any atom is 0.150 e. The summed E-state index contributed by atoms with van der Waals surface area (Å²) in [7, 11) is -3.03. The van der Waals surface area contributed by atoms with Crippen molar-refractivity contribution in [3.05, 3.63) is 33.8 Å². The van der Waals surface area contributed by atoms with Gasteiger partial charge in [-0.3, -0.25) is 11.3 Å². The molecule has 1 saturated carbocycles. The molecule has 0 amide bonds. The standard InChI is InChI=1S/C14H20Cl2N2O2S/c1-21(19,20)10-5-2-4-9(8-10)14(18-17)11-6-3-7-12(15)13(11)16/h3,6-7,9-10,14,18H,2,4-5,8,17H2,1H3. The smallest absolute Gasteiger partial charge is 0.150 e. The number of rotatable bonds is 4. The SMILES string of the molecule is CS(=O)(=O)C1CCCC(C(NN)c2cccc(Cl)c2Cl)C1. The molecule has 118 valence electrons. The molecule has 0 bridgehead atoms. The molecule has 0 saturated heterocycles. The summed E-state index contributed by atoms with van der Waals surface area (Å²) >= 11 is 12.3. The molecule has 1 aliphatic carbocycles. The van der Waals surface area contributed by atoms with Crippen LogP contribution in [-0.4, -0.2) is 19.9 Å². The molecular weight excluding hydrogens is 331 g/mol. The molecule has 1 fully saturated rings. The number of benzene rings is 1. The summed E-state index contributed by atoms with van der Waals surface area (Å²) in [5, 5.41) is 0.651. The van der Waals surface area contributed by atoms with Gasteiger partial charge >= 0.3 is 0 Å². The van der Waals surface area contributed by atoms with Crippen molar-refractivity contribution in [1.82, 2.24) is 5.43 Å². The lowest BCUT2D eigenvalue weighted by Gasteiger charge is -2.34. The summed E-state index contributed by atoms with van der Waals surface area (Å²) in [6.07, 6.45) is 4.41. The van der Waals surface area contributed by atoms with Crippen LogP contribution < -0.4 is 11.3 Å². The minimum Gasteiger partial charge on any atom is -0.271 e. The van der Waals surface area contributed by atoms with Crippen molar-refractivity contribution < 1.29 is 8.42 Å². The Morgan fingerprint density at radius 3 is 2.67 bits per heavy atom. The number of nitrogens with one attached hydrogen (secondary N) is 1. The van der Waals surface area contributed by atoms with Crippen LogP contribution in [-0.2, 0) is 9.84 Å². The molecule has 4 nitrogen and oxygen atoms in total. The Bertz CT molecular complexity index is 607. The van der Waals surface area contributed by atoms with E-state index in [-0.39, 0.29) is 17.2 Å². The van der Waals surface area contributed by atoms with Crippen molar-refractivity contribution in [2.24, 2.45) is 11.8 Å². The summed E-state index contributed by atoms with van der Waals surface area (Å²) < 4.78 is 23.6. The van der Waals surface area contributed by atoms with Crippen LogP contribution >= 0.6 is 23.2 Å². The zero-order valence-electron chi connectivity index (χ0n) is 11.9. The van der Waals surface area contributed by atoms with Gasteiger partial charge in [-0.15, -0.1) is 0 Å². The van der Waals surface area contributed by atoms with Gasteiger partial charge in [0.2, 0.25) is 0 Å². The minimum absolute atomic E-state index is 0.124. The van der Waals surface area contributed by atoms with Gasteiger partial charge in [-0.05, 0) is 36.8 Å². The Morgan fingerprint density at radius 2 is 2.05 bits per heavy atom. The van der Waals surface area contributed by atoms with Crippen LogP contribution in [0.3, 0.4) is 0 Å². The number of hydrazine groups is 1. The predicted octanol–water partition coefficient (Wildman–Crippen LogP) is 3.10. The first-order valence-corrected chi connectivity index (χ1v) is 9.64. The summed E-state index contributed by atoms with van der Waals surface area (Å²) in [6, 6.07) is 5.23. The highest BCUT2D eigenvalue weighted by Gasteiger charge is 2.34. The average molecular weight is 351 g/mol. The highest BCUT2D eigenvalue weighted by atomic mass is 35.5. The molecule has 1 aliphatic rings. The minimum atomic E-state index is -3.03. The largest absolute Gasteiger partial charge is 0.271 e. The lowest BCUT2D eigenvalue weighted by molar-refractivity contribution is 0.274. The van der Waals surface area contributed by atoms with E-state index in [4.69, 9.17) is 29.0 Å². The van der Waals surface area contributed by atoms with E-state index in [1.807, 2.05) is 12.1 Å². The highest BCUT2D eigenvalue weighted by Crippen LogP contribution is 2.40. The first kappa shape index (κ1) is 17.0. The number of hydrogen-bond acceptors (Lipinski definition) is 4. The molecule has 1 aromatic rings. The van der Waals surface area contributed by atoms with E-state index in [9.17, 15) is 8.42 Å². The van der Waals surface area contributed by atoms with Crippen molar-refractivity contribution in [1.29, 1.82) is 0 Å². The molecule has 3 N–H and O–H groups in total. The highest BCUT2D eigenvalue weighted by molar-refractivity contribution is 7.91. The lowest BCUT2D eigenvalue weighted by Crippen LogP contribution is -2.38. The summed E-state index contributed by atoms with van der Waals surface area (Å²) in [6.45, 7) is 0. The van der Waals surface area contributed by atoms with Gasteiger partial charge in [0.05, 0.1) is 21.3 Å².